The van der Waals surface area contributed by atoms with Gasteiger partial charge in [0.25, 0.3) is 0 Å². The molecule has 2 aromatic rings. The van der Waals surface area contributed by atoms with Crippen molar-refractivity contribution in [2.75, 3.05) is 26.8 Å². The van der Waals surface area contributed by atoms with Crippen LogP contribution in [-0.2, 0) is 20.7 Å². The van der Waals surface area contributed by atoms with Crippen LogP contribution in [0.1, 0.15) is 12.2 Å². The lowest BCUT2D eigenvalue weighted by atomic mass is 10.2. The summed E-state index contributed by atoms with van der Waals surface area (Å²) in [7, 11) is 1.53. The van der Waals surface area contributed by atoms with Crippen LogP contribution in [0.15, 0.2) is 34.7 Å². The first-order valence-electron chi connectivity index (χ1n) is 7.23. The molecule has 0 bridgehead atoms. The van der Waals surface area contributed by atoms with Crippen LogP contribution < -0.4 is 10.6 Å². The van der Waals surface area contributed by atoms with E-state index in [0.717, 1.165) is 16.7 Å². The molecule has 2 amide bonds. The average Bonchev–Trinajstić information content (AvgIpc) is 2.94. The highest BCUT2D eigenvalue weighted by molar-refractivity contribution is 6.35. The highest BCUT2D eigenvalue weighted by atomic mass is 16.5. The number of amides is 2. The molecule has 0 fully saturated rings. The molecular weight excluding hydrogens is 284 g/mol. The number of methoxy groups -OCH3 is 1. The largest absolute Gasteiger partial charge is 0.461 e. The van der Waals surface area contributed by atoms with Crippen LogP contribution >= 0.6 is 0 Å². The Kier molecular flexibility index (Phi) is 5.97. The lowest BCUT2D eigenvalue weighted by Crippen LogP contribution is -2.41. The molecule has 1 aromatic carbocycles. The lowest BCUT2D eigenvalue weighted by Gasteiger charge is -2.05. The van der Waals surface area contributed by atoms with E-state index in [-0.39, 0.29) is 0 Å². The van der Waals surface area contributed by atoms with Crippen LogP contribution in [0.25, 0.3) is 11.0 Å². The molecule has 1 heterocycles. The summed E-state index contributed by atoms with van der Waals surface area (Å²) in [5, 5.41) is 6.11. The standard InChI is InChI=1S/C16H20N2O4/c1-21-10-9-18-16(20)15(19)17-8-4-6-13-11-12-5-2-3-7-14(12)22-13/h2-3,5,7,11H,4,6,8-10H2,1H3,(H,17,19)(H,18,20). The molecule has 0 aliphatic heterocycles. The van der Waals surface area contributed by atoms with Gasteiger partial charge in [-0.15, -0.1) is 0 Å². The number of rotatable bonds is 7. The molecular formula is C16H20N2O4. The normalized spacial score (nSPS) is 10.6. The van der Waals surface area contributed by atoms with Crippen molar-refractivity contribution in [3.63, 3.8) is 0 Å². The molecule has 0 atom stereocenters. The maximum absolute atomic E-state index is 11.5. The first-order valence-corrected chi connectivity index (χ1v) is 7.23. The zero-order valence-corrected chi connectivity index (χ0v) is 12.6. The molecule has 6 nitrogen and oxygen atoms in total. The van der Waals surface area contributed by atoms with Gasteiger partial charge in [0, 0.05) is 32.0 Å². The molecule has 0 unspecified atom stereocenters. The fourth-order valence-electron chi connectivity index (χ4n) is 2.05. The third-order valence-electron chi connectivity index (χ3n) is 3.16. The molecule has 0 aliphatic carbocycles. The number of benzene rings is 1. The molecule has 2 N–H and O–H groups in total. The van der Waals surface area contributed by atoms with Gasteiger partial charge >= 0.3 is 11.8 Å². The summed E-state index contributed by atoms with van der Waals surface area (Å²) in [6, 6.07) is 9.80. The number of hydrogen-bond donors (Lipinski definition) is 2. The van der Waals surface area contributed by atoms with Crippen LogP contribution in [0.5, 0.6) is 0 Å². The predicted molar refractivity (Wildman–Crippen MR) is 82.4 cm³/mol. The summed E-state index contributed by atoms with van der Waals surface area (Å²) < 4.78 is 10.5. The van der Waals surface area contributed by atoms with E-state index < -0.39 is 11.8 Å². The van der Waals surface area contributed by atoms with E-state index >= 15 is 0 Å². The SMILES string of the molecule is COCCNC(=O)C(=O)NCCCc1cc2ccccc2o1. The molecule has 6 heteroatoms. The molecule has 2 rings (SSSR count). The Morgan fingerprint density at radius 2 is 1.86 bits per heavy atom. The summed E-state index contributed by atoms with van der Waals surface area (Å²) in [5.41, 5.74) is 0.860. The maximum Gasteiger partial charge on any atom is 0.309 e. The fraction of sp³-hybridized carbons (Fsp3) is 0.375. The third-order valence-corrected chi connectivity index (χ3v) is 3.16. The minimum Gasteiger partial charge on any atom is -0.461 e. The smallest absolute Gasteiger partial charge is 0.309 e. The quantitative estimate of drug-likeness (QED) is 0.596. The van der Waals surface area contributed by atoms with Gasteiger partial charge in [0.1, 0.15) is 11.3 Å². The number of carbonyl (C=O) groups excluding carboxylic acids is 2. The Balaban J connectivity index is 1.68. The van der Waals surface area contributed by atoms with Crippen molar-refractivity contribution < 1.29 is 18.7 Å². The number of aryl methyl sites for hydroxylation is 1. The zero-order valence-electron chi connectivity index (χ0n) is 12.6. The van der Waals surface area contributed by atoms with Gasteiger partial charge in [0.05, 0.1) is 6.61 Å². The van der Waals surface area contributed by atoms with E-state index in [9.17, 15) is 9.59 Å². The van der Waals surface area contributed by atoms with Crippen molar-refractivity contribution >= 4 is 22.8 Å². The Bertz CT molecular complexity index is 603. The van der Waals surface area contributed by atoms with Gasteiger partial charge < -0.3 is 19.8 Å². The van der Waals surface area contributed by atoms with E-state index in [1.165, 1.54) is 7.11 Å². The maximum atomic E-state index is 11.5. The van der Waals surface area contributed by atoms with E-state index in [0.29, 0.717) is 32.5 Å². The second-order valence-electron chi connectivity index (χ2n) is 4.86. The Labute approximate surface area is 128 Å². The number of carbonyl (C=O) groups is 2. The summed E-state index contributed by atoms with van der Waals surface area (Å²) in [5.74, 6) is -0.388. The highest BCUT2D eigenvalue weighted by Gasteiger charge is 2.11. The Morgan fingerprint density at radius 1 is 1.14 bits per heavy atom. The fourth-order valence-corrected chi connectivity index (χ4v) is 2.05. The molecule has 1 aromatic heterocycles. The second kappa shape index (κ2) is 8.19. The van der Waals surface area contributed by atoms with E-state index in [2.05, 4.69) is 10.6 Å². The molecule has 0 saturated heterocycles. The first-order chi connectivity index (χ1) is 10.7. The number of fused-ring (bicyclic) bond motifs is 1. The van der Waals surface area contributed by atoms with Gasteiger partial charge in [0.2, 0.25) is 0 Å². The van der Waals surface area contributed by atoms with Crippen molar-refractivity contribution in [3.05, 3.63) is 36.1 Å². The van der Waals surface area contributed by atoms with Crippen LogP contribution in [0.2, 0.25) is 0 Å². The number of ether oxygens (including phenoxy) is 1. The lowest BCUT2D eigenvalue weighted by molar-refractivity contribution is -0.139. The summed E-state index contributed by atoms with van der Waals surface area (Å²) in [4.78, 5) is 22.9. The van der Waals surface area contributed by atoms with Crippen LogP contribution in [0, 0.1) is 0 Å². The molecule has 0 saturated carbocycles. The Morgan fingerprint density at radius 3 is 2.59 bits per heavy atom. The zero-order chi connectivity index (χ0) is 15.8. The van der Waals surface area contributed by atoms with Gasteiger partial charge in [-0.05, 0) is 18.6 Å². The minimum atomic E-state index is -0.638. The van der Waals surface area contributed by atoms with Crippen LogP contribution in [0.4, 0.5) is 0 Å². The number of hydrogen-bond acceptors (Lipinski definition) is 4. The van der Waals surface area contributed by atoms with E-state index in [4.69, 9.17) is 9.15 Å². The average molecular weight is 304 g/mol. The van der Waals surface area contributed by atoms with Crippen molar-refractivity contribution in [3.8, 4) is 0 Å². The number of furan rings is 1. The topological polar surface area (TPSA) is 80.6 Å². The van der Waals surface area contributed by atoms with Gasteiger partial charge in [-0.1, -0.05) is 18.2 Å². The van der Waals surface area contributed by atoms with Crippen molar-refractivity contribution in [2.24, 2.45) is 0 Å². The summed E-state index contributed by atoms with van der Waals surface area (Å²) in [6.07, 6.45) is 1.41. The molecule has 0 aliphatic rings. The monoisotopic (exact) mass is 304 g/mol. The van der Waals surface area contributed by atoms with Gasteiger partial charge in [-0.3, -0.25) is 9.59 Å². The molecule has 0 spiro atoms. The van der Waals surface area contributed by atoms with Crippen LogP contribution in [-0.4, -0.2) is 38.6 Å². The van der Waals surface area contributed by atoms with Gasteiger partial charge in [-0.25, -0.2) is 0 Å². The van der Waals surface area contributed by atoms with Crippen molar-refractivity contribution in [1.29, 1.82) is 0 Å². The number of nitrogens with one attached hydrogen (secondary N) is 2. The predicted octanol–water partition coefficient (Wildman–Crippen LogP) is 1.24. The summed E-state index contributed by atoms with van der Waals surface area (Å²) >= 11 is 0. The molecule has 0 radical (unpaired) electrons. The van der Waals surface area contributed by atoms with Gasteiger partial charge in [-0.2, -0.15) is 0 Å². The summed E-state index contributed by atoms with van der Waals surface area (Å²) in [6.45, 7) is 1.13. The van der Waals surface area contributed by atoms with E-state index in [1.54, 1.807) is 0 Å². The van der Waals surface area contributed by atoms with Crippen molar-refractivity contribution in [1.82, 2.24) is 10.6 Å². The first kappa shape index (κ1) is 16.0. The van der Waals surface area contributed by atoms with Gasteiger partial charge in [0.15, 0.2) is 0 Å². The second-order valence-corrected chi connectivity index (χ2v) is 4.86. The number of para-hydroxylation sites is 1. The molecule has 118 valence electrons. The van der Waals surface area contributed by atoms with Crippen molar-refractivity contribution in [2.45, 2.75) is 12.8 Å². The minimum absolute atomic E-state index is 0.321. The third kappa shape index (κ3) is 4.60. The van der Waals surface area contributed by atoms with E-state index in [1.807, 2.05) is 30.3 Å². The molecule has 22 heavy (non-hydrogen) atoms. The Hall–Kier alpha value is -2.34. The highest BCUT2D eigenvalue weighted by Crippen LogP contribution is 2.19. The van der Waals surface area contributed by atoms with Crippen LogP contribution in [0.3, 0.4) is 0 Å².